The van der Waals surface area contributed by atoms with Gasteiger partial charge in [0, 0.05) is 30.1 Å². The number of benzene rings is 2. The predicted octanol–water partition coefficient (Wildman–Crippen LogP) is 4.11. The van der Waals surface area contributed by atoms with Crippen molar-refractivity contribution in [1.29, 1.82) is 0 Å². The molecule has 0 radical (unpaired) electrons. The van der Waals surface area contributed by atoms with Crippen molar-refractivity contribution < 1.29 is 14.1 Å². The van der Waals surface area contributed by atoms with E-state index in [0.717, 1.165) is 11.0 Å². The van der Waals surface area contributed by atoms with Crippen LogP contribution in [0.2, 0.25) is 0 Å². The number of rotatable bonds is 6. The van der Waals surface area contributed by atoms with E-state index >= 15 is 0 Å². The SMILES string of the molecule is Cn1c(SCC(=O)c2cccc([N+](=O)[O-])c2)nnc1-c1cc2ccccc2o1. The summed E-state index contributed by atoms with van der Waals surface area (Å²) in [5.74, 6) is 1.02. The molecule has 0 amide bonds. The van der Waals surface area contributed by atoms with E-state index in [-0.39, 0.29) is 17.2 Å². The second kappa shape index (κ2) is 7.28. The van der Waals surface area contributed by atoms with E-state index in [1.54, 1.807) is 17.7 Å². The molecule has 2 aromatic heterocycles. The third-order valence-corrected chi connectivity index (χ3v) is 5.21. The van der Waals surface area contributed by atoms with Crippen LogP contribution in [-0.2, 0) is 7.05 Å². The van der Waals surface area contributed by atoms with Gasteiger partial charge in [-0.25, -0.2) is 0 Å². The van der Waals surface area contributed by atoms with Crippen LogP contribution >= 0.6 is 11.8 Å². The van der Waals surface area contributed by atoms with E-state index in [2.05, 4.69) is 10.2 Å². The number of furan rings is 1. The Morgan fingerprint density at radius 3 is 2.79 bits per heavy atom. The molecule has 28 heavy (non-hydrogen) atoms. The summed E-state index contributed by atoms with van der Waals surface area (Å²) in [6.07, 6.45) is 0. The van der Waals surface area contributed by atoms with E-state index < -0.39 is 4.92 Å². The summed E-state index contributed by atoms with van der Waals surface area (Å²) in [6, 6.07) is 15.2. The van der Waals surface area contributed by atoms with Gasteiger partial charge in [0.05, 0.1) is 10.7 Å². The Bertz CT molecular complexity index is 1160. The first-order valence-electron chi connectivity index (χ1n) is 8.32. The first-order chi connectivity index (χ1) is 13.5. The van der Waals surface area contributed by atoms with Crippen LogP contribution in [0.4, 0.5) is 5.69 Å². The molecule has 2 heterocycles. The number of para-hydroxylation sites is 1. The number of nitro benzene ring substituents is 1. The summed E-state index contributed by atoms with van der Waals surface area (Å²) in [7, 11) is 1.79. The van der Waals surface area contributed by atoms with Crippen LogP contribution in [0.1, 0.15) is 10.4 Å². The Balaban J connectivity index is 1.51. The lowest BCUT2D eigenvalue weighted by Crippen LogP contribution is -2.04. The number of ketones is 1. The highest BCUT2D eigenvalue weighted by Crippen LogP contribution is 2.28. The maximum atomic E-state index is 12.4. The minimum absolute atomic E-state index is 0.0905. The summed E-state index contributed by atoms with van der Waals surface area (Å²) in [6.45, 7) is 0. The topological polar surface area (TPSA) is 104 Å². The zero-order valence-electron chi connectivity index (χ0n) is 14.7. The smallest absolute Gasteiger partial charge is 0.270 e. The molecule has 0 aliphatic rings. The normalized spacial score (nSPS) is 11.0. The van der Waals surface area contributed by atoms with Gasteiger partial charge >= 0.3 is 0 Å². The average Bonchev–Trinajstić information content (AvgIpc) is 3.29. The summed E-state index contributed by atoms with van der Waals surface area (Å²) < 4.78 is 7.57. The Hall–Kier alpha value is -3.46. The molecule has 0 saturated carbocycles. The van der Waals surface area contributed by atoms with Gasteiger partial charge in [-0.15, -0.1) is 10.2 Å². The van der Waals surface area contributed by atoms with E-state index in [1.165, 1.54) is 30.0 Å². The number of fused-ring (bicyclic) bond motifs is 1. The number of carbonyl (C=O) groups is 1. The zero-order valence-corrected chi connectivity index (χ0v) is 15.5. The molecular formula is C19H14N4O4S. The van der Waals surface area contributed by atoms with Crippen LogP contribution in [0, 0.1) is 10.1 Å². The third kappa shape index (κ3) is 3.39. The summed E-state index contributed by atoms with van der Waals surface area (Å²) in [4.78, 5) is 22.7. The standard InChI is InChI=1S/C19H14N4O4S/c1-22-18(17-10-13-5-2-3-8-16(13)27-17)20-21-19(22)28-11-15(24)12-6-4-7-14(9-12)23(25)26/h2-10H,11H2,1H3. The van der Waals surface area contributed by atoms with Crippen molar-refractivity contribution >= 4 is 34.2 Å². The van der Waals surface area contributed by atoms with E-state index in [9.17, 15) is 14.9 Å². The number of carbonyl (C=O) groups excluding carboxylic acids is 1. The van der Waals surface area contributed by atoms with E-state index in [4.69, 9.17) is 4.42 Å². The van der Waals surface area contributed by atoms with Crippen molar-refractivity contribution in [3.8, 4) is 11.6 Å². The van der Waals surface area contributed by atoms with Crippen LogP contribution < -0.4 is 0 Å². The molecule has 0 aliphatic heterocycles. The van der Waals surface area contributed by atoms with Gasteiger partial charge in [-0.05, 0) is 12.1 Å². The Labute approximate surface area is 163 Å². The first-order valence-corrected chi connectivity index (χ1v) is 9.30. The molecule has 4 aromatic rings. The second-order valence-electron chi connectivity index (χ2n) is 6.03. The van der Waals surface area contributed by atoms with E-state index in [0.29, 0.717) is 22.3 Å². The minimum Gasteiger partial charge on any atom is -0.453 e. The Morgan fingerprint density at radius 2 is 2.00 bits per heavy atom. The van der Waals surface area contributed by atoms with Crippen LogP contribution in [-0.4, -0.2) is 31.2 Å². The van der Waals surface area contributed by atoms with Gasteiger partial charge in [0.2, 0.25) is 0 Å². The number of nitro groups is 1. The molecule has 0 atom stereocenters. The summed E-state index contributed by atoms with van der Waals surface area (Å²) in [5, 5.41) is 20.7. The number of hydrogen-bond acceptors (Lipinski definition) is 7. The fourth-order valence-corrected chi connectivity index (χ4v) is 3.56. The lowest BCUT2D eigenvalue weighted by molar-refractivity contribution is -0.384. The molecular weight excluding hydrogens is 380 g/mol. The Morgan fingerprint density at radius 1 is 1.18 bits per heavy atom. The first kappa shape index (κ1) is 17.9. The molecule has 4 rings (SSSR count). The van der Waals surface area contributed by atoms with Crippen molar-refractivity contribution in [2.45, 2.75) is 5.16 Å². The highest BCUT2D eigenvalue weighted by Gasteiger charge is 2.17. The van der Waals surface area contributed by atoms with Gasteiger partial charge in [-0.1, -0.05) is 42.1 Å². The van der Waals surface area contributed by atoms with Crippen LogP contribution in [0.25, 0.3) is 22.6 Å². The molecule has 0 bridgehead atoms. The molecule has 8 nitrogen and oxygen atoms in total. The molecule has 0 spiro atoms. The number of non-ortho nitro benzene ring substituents is 1. The van der Waals surface area contributed by atoms with Gasteiger partial charge in [-0.2, -0.15) is 0 Å². The molecule has 2 aromatic carbocycles. The van der Waals surface area contributed by atoms with Crippen molar-refractivity contribution in [1.82, 2.24) is 14.8 Å². The lowest BCUT2D eigenvalue weighted by atomic mass is 10.1. The van der Waals surface area contributed by atoms with Gasteiger partial charge in [0.1, 0.15) is 5.58 Å². The van der Waals surface area contributed by atoms with Gasteiger partial charge in [0.15, 0.2) is 22.5 Å². The number of Topliss-reactive ketones (excluding diaryl/α,β-unsaturated/α-hetero) is 1. The zero-order chi connectivity index (χ0) is 19.7. The lowest BCUT2D eigenvalue weighted by Gasteiger charge is -2.02. The summed E-state index contributed by atoms with van der Waals surface area (Å²) >= 11 is 1.21. The van der Waals surface area contributed by atoms with Gasteiger partial charge < -0.3 is 8.98 Å². The maximum Gasteiger partial charge on any atom is 0.270 e. The largest absolute Gasteiger partial charge is 0.453 e. The molecule has 140 valence electrons. The van der Waals surface area contributed by atoms with Gasteiger partial charge in [-0.3, -0.25) is 14.9 Å². The van der Waals surface area contributed by atoms with Crippen LogP contribution in [0.15, 0.2) is 64.2 Å². The van der Waals surface area contributed by atoms with Crippen LogP contribution in [0.3, 0.4) is 0 Å². The van der Waals surface area contributed by atoms with Gasteiger partial charge in [0.25, 0.3) is 5.69 Å². The van der Waals surface area contributed by atoms with E-state index in [1.807, 2.05) is 30.3 Å². The quantitative estimate of drug-likeness (QED) is 0.210. The Kier molecular flexibility index (Phi) is 4.66. The van der Waals surface area contributed by atoms with Crippen LogP contribution in [0.5, 0.6) is 0 Å². The van der Waals surface area contributed by atoms with Crippen molar-refractivity contribution in [2.75, 3.05) is 5.75 Å². The maximum absolute atomic E-state index is 12.4. The molecule has 0 N–H and O–H groups in total. The number of aromatic nitrogens is 3. The highest BCUT2D eigenvalue weighted by atomic mass is 32.2. The molecule has 0 fully saturated rings. The minimum atomic E-state index is -0.522. The highest BCUT2D eigenvalue weighted by molar-refractivity contribution is 7.99. The molecule has 0 unspecified atom stereocenters. The number of hydrogen-bond donors (Lipinski definition) is 0. The molecule has 0 saturated heterocycles. The van der Waals surface area contributed by atoms with Crippen molar-refractivity contribution in [2.24, 2.45) is 7.05 Å². The number of thioether (sulfide) groups is 1. The molecule has 0 aliphatic carbocycles. The third-order valence-electron chi connectivity index (χ3n) is 4.19. The van der Waals surface area contributed by atoms with Crippen molar-refractivity contribution in [3.63, 3.8) is 0 Å². The number of nitrogens with zero attached hydrogens (tertiary/aromatic N) is 4. The van der Waals surface area contributed by atoms with Crippen molar-refractivity contribution in [3.05, 3.63) is 70.3 Å². The average molecular weight is 394 g/mol. The summed E-state index contributed by atoms with van der Waals surface area (Å²) in [5.41, 5.74) is 0.943. The molecule has 9 heteroatoms. The second-order valence-corrected chi connectivity index (χ2v) is 6.98. The monoisotopic (exact) mass is 394 g/mol. The fourth-order valence-electron chi connectivity index (χ4n) is 2.75. The predicted molar refractivity (Wildman–Crippen MR) is 104 cm³/mol. The fraction of sp³-hybridized carbons (Fsp3) is 0.105.